The van der Waals surface area contributed by atoms with E-state index in [4.69, 9.17) is 39.5 Å². The summed E-state index contributed by atoms with van der Waals surface area (Å²) in [7, 11) is 0. The molecule has 2 saturated heterocycles. The van der Waals surface area contributed by atoms with Gasteiger partial charge in [0, 0.05) is 54.4 Å². The second kappa shape index (κ2) is 10.2. The van der Waals surface area contributed by atoms with E-state index in [1.54, 1.807) is 36.4 Å². The van der Waals surface area contributed by atoms with Gasteiger partial charge in [0.25, 0.3) is 11.8 Å². The standard InChI is InChI=1S/C26H23Cl3N4O3/c27-18-4-7-23(30-14-18)36-20-5-2-17(3-6-20)24(34)33-11-9-26(16-33)8-1-10-32(15-26)25(35)21-12-19(28)13-22(29)31-21/h2-7,12-14H,1,8-11,15-16H2. The number of amides is 2. The number of hydrogen-bond donors (Lipinski definition) is 0. The number of piperidine rings is 1. The second-order valence-electron chi connectivity index (χ2n) is 9.24. The minimum atomic E-state index is -0.186. The highest BCUT2D eigenvalue weighted by Crippen LogP contribution is 2.40. The van der Waals surface area contributed by atoms with Crippen LogP contribution in [0.15, 0.2) is 54.7 Å². The Kier molecular flexibility index (Phi) is 7.06. The number of carbonyl (C=O) groups excluding carboxylic acids is 2. The third kappa shape index (κ3) is 5.43. The lowest BCUT2D eigenvalue weighted by Gasteiger charge is -2.40. The van der Waals surface area contributed by atoms with E-state index in [2.05, 4.69) is 9.97 Å². The predicted molar refractivity (Wildman–Crippen MR) is 138 cm³/mol. The van der Waals surface area contributed by atoms with Crippen molar-refractivity contribution in [1.29, 1.82) is 0 Å². The molecule has 2 aliphatic heterocycles. The molecule has 0 aliphatic carbocycles. The summed E-state index contributed by atoms with van der Waals surface area (Å²) in [6, 6.07) is 13.4. The van der Waals surface area contributed by atoms with Crippen LogP contribution in [0.5, 0.6) is 11.6 Å². The number of benzene rings is 1. The maximum Gasteiger partial charge on any atom is 0.272 e. The highest BCUT2D eigenvalue weighted by atomic mass is 35.5. The molecule has 1 aromatic carbocycles. The Morgan fingerprint density at radius 2 is 1.61 bits per heavy atom. The fraction of sp³-hybridized carbons (Fsp3) is 0.308. The summed E-state index contributed by atoms with van der Waals surface area (Å²) in [6.45, 7) is 2.47. The predicted octanol–water partition coefficient (Wildman–Crippen LogP) is 6.00. The lowest BCUT2D eigenvalue weighted by atomic mass is 9.79. The van der Waals surface area contributed by atoms with E-state index in [0.29, 0.717) is 53.4 Å². The maximum absolute atomic E-state index is 13.2. The molecule has 1 spiro atoms. The molecule has 1 unspecified atom stereocenters. The molecule has 4 heterocycles. The molecule has 7 nitrogen and oxygen atoms in total. The molecule has 0 bridgehead atoms. The van der Waals surface area contributed by atoms with Gasteiger partial charge in [0.15, 0.2) is 0 Å². The van der Waals surface area contributed by atoms with Gasteiger partial charge in [0.2, 0.25) is 5.88 Å². The molecule has 10 heteroatoms. The zero-order valence-corrected chi connectivity index (χ0v) is 21.6. The Bertz CT molecular complexity index is 1270. The third-order valence-electron chi connectivity index (χ3n) is 6.68. The first-order valence-electron chi connectivity index (χ1n) is 11.6. The lowest BCUT2D eigenvalue weighted by Crippen LogP contribution is -2.48. The Morgan fingerprint density at radius 1 is 0.861 bits per heavy atom. The molecule has 36 heavy (non-hydrogen) atoms. The fourth-order valence-corrected chi connectivity index (χ4v) is 5.53. The van der Waals surface area contributed by atoms with Gasteiger partial charge in [-0.2, -0.15) is 0 Å². The van der Waals surface area contributed by atoms with Crippen LogP contribution >= 0.6 is 34.8 Å². The second-order valence-corrected chi connectivity index (χ2v) is 10.5. The zero-order valence-electron chi connectivity index (χ0n) is 19.3. The van der Waals surface area contributed by atoms with Crippen molar-refractivity contribution < 1.29 is 14.3 Å². The average molecular weight is 546 g/mol. The highest BCUT2D eigenvalue weighted by molar-refractivity contribution is 6.34. The summed E-state index contributed by atoms with van der Waals surface area (Å²) in [4.78, 5) is 38.3. The van der Waals surface area contributed by atoms with Crippen LogP contribution < -0.4 is 4.74 Å². The van der Waals surface area contributed by atoms with Crippen LogP contribution in [-0.2, 0) is 0 Å². The maximum atomic E-state index is 13.2. The third-order valence-corrected chi connectivity index (χ3v) is 7.31. The van der Waals surface area contributed by atoms with Crippen molar-refractivity contribution in [2.75, 3.05) is 26.2 Å². The van der Waals surface area contributed by atoms with E-state index in [1.807, 2.05) is 9.80 Å². The first kappa shape index (κ1) is 24.8. The van der Waals surface area contributed by atoms with Crippen LogP contribution in [0.4, 0.5) is 0 Å². The molecular formula is C26H23Cl3N4O3. The van der Waals surface area contributed by atoms with E-state index in [0.717, 1.165) is 19.3 Å². The summed E-state index contributed by atoms with van der Waals surface area (Å²) >= 11 is 17.9. The van der Waals surface area contributed by atoms with Crippen molar-refractivity contribution in [2.24, 2.45) is 5.41 Å². The van der Waals surface area contributed by atoms with Crippen molar-refractivity contribution in [3.05, 3.63) is 81.2 Å². The summed E-state index contributed by atoms with van der Waals surface area (Å²) in [5, 5.41) is 1.10. The molecule has 2 amide bonds. The normalized spacial score (nSPS) is 19.5. The van der Waals surface area contributed by atoms with Gasteiger partial charge >= 0.3 is 0 Å². The number of ether oxygens (including phenoxy) is 1. The number of halogens is 3. The molecule has 0 saturated carbocycles. The molecule has 2 aliphatic rings. The zero-order chi connectivity index (χ0) is 25.3. The van der Waals surface area contributed by atoms with Gasteiger partial charge in [-0.15, -0.1) is 0 Å². The van der Waals surface area contributed by atoms with E-state index in [1.165, 1.54) is 18.3 Å². The number of hydrogen-bond acceptors (Lipinski definition) is 5. The Balaban J connectivity index is 1.23. The fourth-order valence-electron chi connectivity index (χ4n) is 4.95. The van der Waals surface area contributed by atoms with Crippen molar-refractivity contribution in [2.45, 2.75) is 19.3 Å². The summed E-state index contributed by atoms with van der Waals surface area (Å²) in [5.41, 5.74) is 0.700. The average Bonchev–Trinajstić information content (AvgIpc) is 3.27. The van der Waals surface area contributed by atoms with E-state index in [9.17, 15) is 9.59 Å². The Morgan fingerprint density at radius 3 is 2.31 bits per heavy atom. The molecule has 2 aromatic heterocycles. The van der Waals surface area contributed by atoms with Crippen LogP contribution in [0.3, 0.4) is 0 Å². The minimum absolute atomic E-state index is 0.0326. The van der Waals surface area contributed by atoms with Crippen LogP contribution in [0.1, 0.15) is 40.1 Å². The largest absolute Gasteiger partial charge is 0.439 e. The number of aromatic nitrogens is 2. The van der Waals surface area contributed by atoms with Crippen LogP contribution in [0.2, 0.25) is 15.2 Å². The van der Waals surface area contributed by atoms with Gasteiger partial charge in [0.05, 0.1) is 5.02 Å². The molecular weight excluding hydrogens is 523 g/mol. The number of likely N-dealkylation sites (tertiary alicyclic amines) is 2. The number of rotatable bonds is 4. The Hall–Kier alpha value is -2.87. The molecule has 0 N–H and O–H groups in total. The van der Waals surface area contributed by atoms with Crippen molar-refractivity contribution in [3.8, 4) is 11.6 Å². The van der Waals surface area contributed by atoms with Crippen LogP contribution in [0, 0.1) is 5.41 Å². The summed E-state index contributed by atoms with van der Waals surface area (Å²) in [5.74, 6) is 0.783. The van der Waals surface area contributed by atoms with Crippen molar-refractivity contribution in [1.82, 2.24) is 19.8 Å². The molecule has 2 fully saturated rings. The summed E-state index contributed by atoms with van der Waals surface area (Å²) < 4.78 is 5.72. The lowest BCUT2D eigenvalue weighted by molar-refractivity contribution is 0.0511. The summed E-state index contributed by atoms with van der Waals surface area (Å²) in [6.07, 6.45) is 4.19. The number of pyridine rings is 2. The van der Waals surface area contributed by atoms with Gasteiger partial charge in [-0.25, -0.2) is 9.97 Å². The first-order valence-corrected chi connectivity index (χ1v) is 12.7. The highest BCUT2D eigenvalue weighted by Gasteiger charge is 2.44. The van der Waals surface area contributed by atoms with Crippen molar-refractivity contribution in [3.63, 3.8) is 0 Å². The van der Waals surface area contributed by atoms with E-state index in [-0.39, 0.29) is 28.1 Å². The van der Waals surface area contributed by atoms with E-state index < -0.39 is 0 Å². The van der Waals surface area contributed by atoms with Gasteiger partial charge < -0.3 is 14.5 Å². The SMILES string of the molecule is O=C(c1ccc(Oc2ccc(Cl)cn2)cc1)N1CCC2(CCCN(C(=O)c3cc(Cl)cc(Cl)n3)C2)C1. The van der Waals surface area contributed by atoms with Gasteiger partial charge in [-0.1, -0.05) is 34.8 Å². The van der Waals surface area contributed by atoms with Gasteiger partial charge in [-0.3, -0.25) is 9.59 Å². The van der Waals surface area contributed by atoms with Gasteiger partial charge in [0.1, 0.15) is 16.6 Å². The molecule has 1 atom stereocenters. The van der Waals surface area contributed by atoms with E-state index >= 15 is 0 Å². The molecule has 5 rings (SSSR count). The molecule has 186 valence electrons. The van der Waals surface area contributed by atoms with Crippen LogP contribution in [-0.4, -0.2) is 57.8 Å². The molecule has 0 radical (unpaired) electrons. The topological polar surface area (TPSA) is 75.6 Å². The minimum Gasteiger partial charge on any atom is -0.439 e. The number of carbonyl (C=O) groups is 2. The van der Waals surface area contributed by atoms with Gasteiger partial charge in [-0.05, 0) is 61.7 Å². The van der Waals surface area contributed by atoms with Crippen molar-refractivity contribution >= 4 is 46.6 Å². The monoisotopic (exact) mass is 544 g/mol. The first-order chi connectivity index (χ1) is 17.3. The van der Waals surface area contributed by atoms with Crippen LogP contribution in [0.25, 0.3) is 0 Å². The Labute approximate surface area is 223 Å². The molecule has 3 aromatic rings. The quantitative estimate of drug-likeness (QED) is 0.376. The smallest absolute Gasteiger partial charge is 0.272 e. The number of nitrogens with zero attached hydrogens (tertiary/aromatic N) is 4.